The van der Waals surface area contributed by atoms with Gasteiger partial charge in [0.15, 0.2) is 5.11 Å². The standard InChI is InChI=1S/C18H18BrN3O2S/c1-11-7-8-12(10-15(11)19)16(23)21-18(25)20-14-6-4-5-13(9-14)17(24)22(2)3/h4-10H,1-3H3,(H2,20,21,23,25). The van der Waals surface area contributed by atoms with Gasteiger partial charge in [-0.05, 0) is 55.0 Å². The molecule has 0 bridgehead atoms. The van der Waals surface area contributed by atoms with Crippen molar-refractivity contribution in [3.63, 3.8) is 0 Å². The van der Waals surface area contributed by atoms with Crippen molar-refractivity contribution >= 4 is 50.8 Å². The third kappa shape index (κ3) is 5.11. The van der Waals surface area contributed by atoms with E-state index in [4.69, 9.17) is 12.2 Å². The Morgan fingerprint density at radius 2 is 1.80 bits per heavy atom. The van der Waals surface area contributed by atoms with Crippen molar-refractivity contribution in [2.24, 2.45) is 0 Å². The lowest BCUT2D eigenvalue weighted by Gasteiger charge is -2.13. The zero-order chi connectivity index (χ0) is 18.6. The van der Waals surface area contributed by atoms with Crippen LogP contribution in [0.3, 0.4) is 0 Å². The molecule has 0 unspecified atom stereocenters. The van der Waals surface area contributed by atoms with Crippen LogP contribution in [0.5, 0.6) is 0 Å². The maximum atomic E-state index is 12.3. The molecule has 0 saturated heterocycles. The molecule has 2 aromatic carbocycles. The Labute approximate surface area is 160 Å². The van der Waals surface area contributed by atoms with Crippen LogP contribution in [0.4, 0.5) is 5.69 Å². The minimum absolute atomic E-state index is 0.108. The lowest BCUT2D eigenvalue weighted by molar-refractivity contribution is 0.0827. The van der Waals surface area contributed by atoms with Crippen LogP contribution >= 0.6 is 28.1 Å². The number of nitrogens with one attached hydrogen (secondary N) is 2. The first kappa shape index (κ1) is 19.1. The van der Waals surface area contributed by atoms with Crippen LogP contribution in [-0.2, 0) is 0 Å². The average molecular weight is 420 g/mol. The van der Waals surface area contributed by atoms with E-state index in [1.807, 2.05) is 13.0 Å². The summed E-state index contributed by atoms with van der Waals surface area (Å²) in [6.45, 7) is 1.94. The number of hydrogen-bond donors (Lipinski definition) is 2. The highest BCUT2D eigenvalue weighted by molar-refractivity contribution is 9.10. The highest BCUT2D eigenvalue weighted by atomic mass is 79.9. The summed E-state index contributed by atoms with van der Waals surface area (Å²) in [7, 11) is 3.37. The predicted octanol–water partition coefficient (Wildman–Crippen LogP) is 3.59. The molecule has 0 spiro atoms. The number of hydrogen-bond acceptors (Lipinski definition) is 3. The van der Waals surface area contributed by atoms with E-state index < -0.39 is 0 Å². The van der Waals surface area contributed by atoms with Crippen LogP contribution in [0.2, 0.25) is 0 Å². The maximum absolute atomic E-state index is 12.3. The number of amides is 2. The number of anilines is 1. The zero-order valence-electron chi connectivity index (χ0n) is 14.1. The van der Waals surface area contributed by atoms with E-state index in [-0.39, 0.29) is 16.9 Å². The number of nitrogens with zero attached hydrogens (tertiary/aromatic N) is 1. The third-order valence-electron chi connectivity index (χ3n) is 3.43. The molecule has 2 aromatic rings. The molecule has 2 rings (SSSR count). The smallest absolute Gasteiger partial charge is 0.257 e. The first-order chi connectivity index (χ1) is 11.8. The summed E-state index contributed by atoms with van der Waals surface area (Å²) < 4.78 is 0.855. The molecule has 130 valence electrons. The molecule has 0 saturated carbocycles. The molecule has 0 fully saturated rings. The third-order valence-corrected chi connectivity index (χ3v) is 4.49. The van der Waals surface area contributed by atoms with Gasteiger partial charge in [0, 0.05) is 35.4 Å². The molecule has 0 radical (unpaired) electrons. The number of aryl methyl sites for hydroxylation is 1. The molecular formula is C18H18BrN3O2S. The number of carbonyl (C=O) groups excluding carboxylic acids is 2. The van der Waals surface area contributed by atoms with Crippen LogP contribution in [0, 0.1) is 6.92 Å². The summed E-state index contributed by atoms with van der Waals surface area (Å²) in [5.41, 5.74) is 2.70. The Kier molecular flexibility index (Phi) is 6.27. The summed E-state index contributed by atoms with van der Waals surface area (Å²) in [5.74, 6) is -0.415. The molecule has 0 aliphatic carbocycles. The monoisotopic (exact) mass is 419 g/mol. The Morgan fingerprint density at radius 3 is 2.44 bits per heavy atom. The fourth-order valence-corrected chi connectivity index (χ4v) is 2.65. The van der Waals surface area contributed by atoms with Gasteiger partial charge in [-0.25, -0.2) is 0 Å². The second kappa shape index (κ2) is 8.22. The van der Waals surface area contributed by atoms with Gasteiger partial charge < -0.3 is 10.2 Å². The minimum atomic E-state index is -0.307. The lowest BCUT2D eigenvalue weighted by atomic mass is 10.1. The van der Waals surface area contributed by atoms with Crippen LogP contribution in [0.25, 0.3) is 0 Å². The molecular weight excluding hydrogens is 402 g/mol. The summed E-state index contributed by atoms with van der Waals surface area (Å²) in [6.07, 6.45) is 0. The van der Waals surface area contributed by atoms with Crippen molar-refractivity contribution in [1.82, 2.24) is 10.2 Å². The molecule has 5 nitrogen and oxygen atoms in total. The van der Waals surface area contributed by atoms with E-state index >= 15 is 0 Å². The van der Waals surface area contributed by atoms with Gasteiger partial charge in [0.2, 0.25) is 0 Å². The first-order valence-corrected chi connectivity index (χ1v) is 8.68. The Hall–Kier alpha value is -2.25. The first-order valence-electron chi connectivity index (χ1n) is 7.48. The second-order valence-corrected chi connectivity index (χ2v) is 6.92. The Bertz CT molecular complexity index is 837. The van der Waals surface area contributed by atoms with E-state index in [0.29, 0.717) is 16.8 Å². The molecule has 2 amide bonds. The number of benzene rings is 2. The van der Waals surface area contributed by atoms with Gasteiger partial charge in [0.1, 0.15) is 0 Å². The van der Waals surface area contributed by atoms with Crippen molar-refractivity contribution < 1.29 is 9.59 Å². The molecule has 0 atom stereocenters. The van der Waals surface area contributed by atoms with Crippen LogP contribution in [0.1, 0.15) is 26.3 Å². The normalized spacial score (nSPS) is 10.1. The lowest BCUT2D eigenvalue weighted by Crippen LogP contribution is -2.34. The van der Waals surface area contributed by atoms with Crippen LogP contribution < -0.4 is 10.6 Å². The Balaban J connectivity index is 2.05. The van der Waals surface area contributed by atoms with Crippen molar-refractivity contribution in [3.05, 3.63) is 63.6 Å². The fraction of sp³-hybridized carbons (Fsp3) is 0.167. The van der Waals surface area contributed by atoms with Crippen LogP contribution in [-0.4, -0.2) is 35.9 Å². The molecule has 0 aromatic heterocycles. The van der Waals surface area contributed by atoms with Gasteiger partial charge in [-0.3, -0.25) is 14.9 Å². The number of thiocarbonyl (C=S) groups is 1. The average Bonchev–Trinajstić information content (AvgIpc) is 2.56. The molecule has 0 aliphatic heterocycles. The zero-order valence-corrected chi connectivity index (χ0v) is 16.5. The van der Waals surface area contributed by atoms with E-state index in [2.05, 4.69) is 26.6 Å². The van der Waals surface area contributed by atoms with Crippen molar-refractivity contribution in [2.75, 3.05) is 19.4 Å². The van der Waals surface area contributed by atoms with Gasteiger partial charge in [-0.2, -0.15) is 0 Å². The van der Waals surface area contributed by atoms with Gasteiger partial charge in [0.05, 0.1) is 0 Å². The van der Waals surface area contributed by atoms with E-state index in [1.54, 1.807) is 50.5 Å². The summed E-state index contributed by atoms with van der Waals surface area (Å²) in [6, 6.07) is 12.3. The van der Waals surface area contributed by atoms with Gasteiger partial charge in [0.25, 0.3) is 11.8 Å². The number of halogens is 1. The largest absolute Gasteiger partial charge is 0.345 e. The molecule has 25 heavy (non-hydrogen) atoms. The summed E-state index contributed by atoms with van der Waals surface area (Å²) in [5, 5.41) is 5.71. The molecule has 0 heterocycles. The van der Waals surface area contributed by atoms with E-state index in [0.717, 1.165) is 10.0 Å². The van der Waals surface area contributed by atoms with Gasteiger partial charge in [-0.15, -0.1) is 0 Å². The second-order valence-electron chi connectivity index (χ2n) is 5.65. The minimum Gasteiger partial charge on any atom is -0.345 e. The van der Waals surface area contributed by atoms with Crippen molar-refractivity contribution in [3.8, 4) is 0 Å². The van der Waals surface area contributed by atoms with E-state index in [1.165, 1.54) is 4.90 Å². The van der Waals surface area contributed by atoms with Crippen LogP contribution in [0.15, 0.2) is 46.9 Å². The van der Waals surface area contributed by atoms with Gasteiger partial charge >= 0.3 is 0 Å². The SMILES string of the molecule is Cc1ccc(C(=O)NC(=S)Nc2cccc(C(=O)N(C)C)c2)cc1Br. The summed E-state index contributed by atoms with van der Waals surface area (Å²) in [4.78, 5) is 25.7. The van der Waals surface area contributed by atoms with Gasteiger partial charge in [-0.1, -0.05) is 28.1 Å². The number of carbonyl (C=O) groups is 2. The topological polar surface area (TPSA) is 61.4 Å². The maximum Gasteiger partial charge on any atom is 0.257 e. The highest BCUT2D eigenvalue weighted by Gasteiger charge is 2.11. The quantitative estimate of drug-likeness (QED) is 0.746. The Morgan fingerprint density at radius 1 is 1.08 bits per heavy atom. The van der Waals surface area contributed by atoms with E-state index in [9.17, 15) is 9.59 Å². The summed E-state index contributed by atoms with van der Waals surface area (Å²) >= 11 is 8.58. The number of rotatable bonds is 3. The molecule has 7 heteroatoms. The molecule has 0 aliphatic rings. The van der Waals surface area contributed by atoms with Crippen molar-refractivity contribution in [2.45, 2.75) is 6.92 Å². The predicted molar refractivity (Wildman–Crippen MR) is 107 cm³/mol. The highest BCUT2D eigenvalue weighted by Crippen LogP contribution is 2.17. The molecule has 2 N–H and O–H groups in total. The van der Waals surface area contributed by atoms with Crippen molar-refractivity contribution in [1.29, 1.82) is 0 Å². The fourth-order valence-electron chi connectivity index (χ4n) is 2.06.